The Hall–Kier alpha value is -3.62. The number of ether oxygens (including phenoxy) is 1. The van der Waals surface area contributed by atoms with Crippen molar-refractivity contribution in [2.75, 3.05) is 17.5 Å². The second-order valence-corrected chi connectivity index (χ2v) is 11.0. The van der Waals surface area contributed by atoms with Crippen molar-refractivity contribution in [1.29, 1.82) is 0 Å². The highest BCUT2D eigenvalue weighted by Crippen LogP contribution is 2.27. The Morgan fingerprint density at radius 3 is 1.89 bits per heavy atom. The lowest BCUT2D eigenvalue weighted by Crippen LogP contribution is -2.42. The Kier molecular flexibility index (Phi) is 8.63. The average Bonchev–Trinajstić information content (AvgIpc) is 2.92. The Balaban J connectivity index is 1.67. The summed E-state index contributed by atoms with van der Waals surface area (Å²) in [7, 11) is -4.05. The van der Waals surface area contributed by atoms with Crippen LogP contribution in [0.15, 0.2) is 119 Å². The minimum atomic E-state index is -4.05. The van der Waals surface area contributed by atoms with Gasteiger partial charge in [-0.05, 0) is 66.6 Å². The third kappa shape index (κ3) is 6.58. The van der Waals surface area contributed by atoms with Crippen LogP contribution in [0.1, 0.15) is 24.1 Å². The van der Waals surface area contributed by atoms with E-state index < -0.39 is 28.5 Å². The van der Waals surface area contributed by atoms with Gasteiger partial charge in [0.05, 0.1) is 23.2 Å². The van der Waals surface area contributed by atoms with Crippen molar-refractivity contribution in [2.45, 2.75) is 17.9 Å². The highest BCUT2D eigenvalue weighted by atomic mass is 79.9. The first-order valence-corrected chi connectivity index (χ1v) is 14.0. The molecule has 0 radical (unpaired) electrons. The van der Waals surface area contributed by atoms with Gasteiger partial charge in [0, 0.05) is 4.47 Å². The molecule has 0 aliphatic heterocycles. The molecule has 190 valence electrons. The SMILES string of the molecule is CCOc1ccc(N(CC(=O)NC(c2ccccc2)c2ccccc2)S(=O)(=O)c2ccc(Br)cc2)cc1. The summed E-state index contributed by atoms with van der Waals surface area (Å²) < 4.78 is 34.8. The number of carbonyl (C=O) groups excluding carboxylic acids is 1. The quantitative estimate of drug-likeness (QED) is 0.252. The number of halogens is 1. The number of carbonyl (C=O) groups is 1. The molecule has 0 aliphatic rings. The molecule has 0 saturated carbocycles. The van der Waals surface area contributed by atoms with Crippen molar-refractivity contribution in [3.63, 3.8) is 0 Å². The first kappa shape index (κ1) is 26.4. The van der Waals surface area contributed by atoms with E-state index in [-0.39, 0.29) is 4.90 Å². The van der Waals surface area contributed by atoms with Crippen molar-refractivity contribution in [2.24, 2.45) is 0 Å². The van der Waals surface area contributed by atoms with E-state index in [0.29, 0.717) is 18.0 Å². The van der Waals surface area contributed by atoms with Gasteiger partial charge in [0.15, 0.2) is 0 Å². The monoisotopic (exact) mass is 578 g/mol. The van der Waals surface area contributed by atoms with Crippen LogP contribution in [0, 0.1) is 0 Å². The molecule has 0 fully saturated rings. The second kappa shape index (κ2) is 12.1. The van der Waals surface area contributed by atoms with Crippen molar-refractivity contribution >= 4 is 37.5 Å². The standard InChI is InChI=1S/C29H27BrN2O4S/c1-2-36-26-17-15-25(16-18-26)32(37(34,35)27-19-13-24(30)14-20-27)21-28(33)31-29(22-9-5-3-6-10-22)23-11-7-4-8-12-23/h3-20,29H,2,21H2,1H3,(H,31,33). The molecule has 0 atom stereocenters. The van der Waals surface area contributed by atoms with E-state index in [9.17, 15) is 13.2 Å². The molecule has 37 heavy (non-hydrogen) atoms. The van der Waals surface area contributed by atoms with Crippen LogP contribution in [0.2, 0.25) is 0 Å². The lowest BCUT2D eigenvalue weighted by molar-refractivity contribution is -0.120. The van der Waals surface area contributed by atoms with Crippen LogP contribution in [0.5, 0.6) is 5.75 Å². The number of sulfonamides is 1. The van der Waals surface area contributed by atoms with Crippen molar-refractivity contribution in [1.82, 2.24) is 5.32 Å². The zero-order chi connectivity index (χ0) is 26.3. The van der Waals surface area contributed by atoms with E-state index in [2.05, 4.69) is 21.2 Å². The zero-order valence-electron chi connectivity index (χ0n) is 20.3. The smallest absolute Gasteiger partial charge is 0.264 e. The van der Waals surface area contributed by atoms with E-state index in [1.54, 1.807) is 36.4 Å². The lowest BCUT2D eigenvalue weighted by Gasteiger charge is -2.26. The predicted octanol–water partition coefficient (Wildman–Crippen LogP) is 5.95. The van der Waals surface area contributed by atoms with E-state index in [0.717, 1.165) is 19.9 Å². The minimum absolute atomic E-state index is 0.0834. The van der Waals surface area contributed by atoms with Crippen LogP contribution in [-0.4, -0.2) is 27.5 Å². The van der Waals surface area contributed by atoms with Crippen LogP contribution in [0.4, 0.5) is 5.69 Å². The first-order valence-electron chi connectivity index (χ1n) is 11.8. The molecular weight excluding hydrogens is 552 g/mol. The highest BCUT2D eigenvalue weighted by molar-refractivity contribution is 9.10. The summed E-state index contributed by atoms with van der Waals surface area (Å²) in [6, 6.07) is 31.7. The van der Waals surface area contributed by atoms with Crippen molar-refractivity contribution < 1.29 is 17.9 Å². The number of amides is 1. The second-order valence-electron chi connectivity index (χ2n) is 8.21. The van der Waals surface area contributed by atoms with Gasteiger partial charge in [-0.25, -0.2) is 8.42 Å². The summed E-state index contributed by atoms with van der Waals surface area (Å²) in [5, 5.41) is 3.04. The molecule has 6 nitrogen and oxygen atoms in total. The average molecular weight is 580 g/mol. The normalized spacial score (nSPS) is 11.2. The summed E-state index contributed by atoms with van der Waals surface area (Å²) in [6.07, 6.45) is 0. The number of nitrogens with zero attached hydrogens (tertiary/aromatic N) is 1. The number of hydrogen-bond acceptors (Lipinski definition) is 4. The molecule has 4 rings (SSSR count). The maximum absolute atomic E-state index is 13.7. The summed E-state index contributed by atoms with van der Waals surface area (Å²) >= 11 is 3.34. The molecule has 1 N–H and O–H groups in total. The Morgan fingerprint density at radius 2 is 1.38 bits per heavy atom. The molecule has 4 aromatic rings. The molecule has 0 aromatic heterocycles. The number of anilines is 1. The fourth-order valence-corrected chi connectivity index (χ4v) is 5.60. The largest absolute Gasteiger partial charge is 0.494 e. The number of rotatable bonds is 10. The van der Waals surface area contributed by atoms with Crippen molar-refractivity contribution in [3.05, 3.63) is 125 Å². The van der Waals surface area contributed by atoms with Crippen LogP contribution < -0.4 is 14.4 Å². The van der Waals surface area contributed by atoms with E-state index in [4.69, 9.17) is 4.74 Å². The third-order valence-electron chi connectivity index (χ3n) is 5.70. The Morgan fingerprint density at radius 1 is 0.838 bits per heavy atom. The number of nitrogens with one attached hydrogen (secondary N) is 1. The maximum Gasteiger partial charge on any atom is 0.264 e. The molecule has 0 saturated heterocycles. The third-order valence-corrected chi connectivity index (χ3v) is 8.01. The molecule has 8 heteroatoms. The van der Waals surface area contributed by atoms with Crippen LogP contribution in [0.25, 0.3) is 0 Å². The van der Waals surface area contributed by atoms with Gasteiger partial charge in [-0.1, -0.05) is 76.6 Å². The summed E-state index contributed by atoms with van der Waals surface area (Å²) in [6.45, 7) is 1.96. The topological polar surface area (TPSA) is 75.7 Å². The summed E-state index contributed by atoms with van der Waals surface area (Å²) in [5.41, 5.74) is 2.15. The number of hydrogen-bond donors (Lipinski definition) is 1. The predicted molar refractivity (Wildman–Crippen MR) is 149 cm³/mol. The Bertz CT molecular complexity index is 1370. The van der Waals surface area contributed by atoms with Crippen LogP contribution in [-0.2, 0) is 14.8 Å². The molecular formula is C29H27BrN2O4S. The zero-order valence-corrected chi connectivity index (χ0v) is 22.7. The molecule has 0 aliphatic carbocycles. The van der Waals surface area contributed by atoms with Gasteiger partial charge < -0.3 is 10.1 Å². The summed E-state index contributed by atoms with van der Waals surface area (Å²) in [4.78, 5) is 13.5. The molecule has 0 bridgehead atoms. The van der Waals surface area contributed by atoms with Gasteiger partial charge in [0.25, 0.3) is 10.0 Å². The molecule has 0 heterocycles. The van der Waals surface area contributed by atoms with Gasteiger partial charge in [-0.3, -0.25) is 9.10 Å². The van der Waals surface area contributed by atoms with E-state index >= 15 is 0 Å². The first-order chi connectivity index (χ1) is 17.9. The number of benzene rings is 4. The van der Waals surface area contributed by atoms with E-state index in [1.807, 2.05) is 67.6 Å². The fraction of sp³-hybridized carbons (Fsp3) is 0.138. The molecule has 4 aromatic carbocycles. The van der Waals surface area contributed by atoms with E-state index in [1.165, 1.54) is 12.1 Å². The van der Waals surface area contributed by atoms with Gasteiger partial charge in [-0.2, -0.15) is 0 Å². The highest BCUT2D eigenvalue weighted by Gasteiger charge is 2.28. The molecule has 1 amide bonds. The summed E-state index contributed by atoms with van der Waals surface area (Å²) in [5.74, 6) is 0.178. The Labute approximate surface area is 226 Å². The van der Waals surface area contributed by atoms with Gasteiger partial charge in [0.2, 0.25) is 5.91 Å². The van der Waals surface area contributed by atoms with Gasteiger partial charge >= 0.3 is 0 Å². The van der Waals surface area contributed by atoms with Crippen LogP contribution in [0.3, 0.4) is 0 Å². The lowest BCUT2D eigenvalue weighted by atomic mass is 9.99. The minimum Gasteiger partial charge on any atom is -0.494 e. The van der Waals surface area contributed by atoms with Gasteiger partial charge in [-0.15, -0.1) is 0 Å². The maximum atomic E-state index is 13.7. The van der Waals surface area contributed by atoms with Gasteiger partial charge in [0.1, 0.15) is 12.3 Å². The molecule has 0 unspecified atom stereocenters. The van der Waals surface area contributed by atoms with Crippen LogP contribution >= 0.6 is 15.9 Å². The molecule has 0 spiro atoms. The van der Waals surface area contributed by atoms with Crippen molar-refractivity contribution in [3.8, 4) is 5.75 Å². The fourth-order valence-electron chi connectivity index (χ4n) is 3.91.